The zero-order chi connectivity index (χ0) is 21.3. The largest absolute Gasteiger partial charge is 0.491 e. The van der Waals surface area contributed by atoms with Crippen LogP contribution in [0, 0.1) is 0 Å². The average molecular weight is 446 g/mol. The van der Waals surface area contributed by atoms with Crippen molar-refractivity contribution in [3.8, 4) is 16.3 Å². The Kier molecular flexibility index (Phi) is 5.66. The lowest BCUT2D eigenvalue weighted by Gasteiger charge is -2.12. The van der Waals surface area contributed by atoms with Crippen molar-refractivity contribution in [2.75, 3.05) is 16.8 Å². The summed E-state index contributed by atoms with van der Waals surface area (Å²) in [6, 6.07) is 12.5. The van der Waals surface area contributed by atoms with Gasteiger partial charge in [-0.1, -0.05) is 6.07 Å². The molecule has 1 aliphatic rings. The third kappa shape index (κ3) is 4.57. The zero-order valence-corrected chi connectivity index (χ0v) is 18.4. The number of thiophene rings is 1. The highest BCUT2D eigenvalue weighted by molar-refractivity contribution is 7.91. The molecule has 9 heteroatoms. The number of anilines is 1. The molecule has 1 fully saturated rings. The van der Waals surface area contributed by atoms with E-state index in [1.807, 2.05) is 31.4 Å². The highest BCUT2D eigenvalue weighted by Crippen LogP contribution is 2.32. The van der Waals surface area contributed by atoms with E-state index in [-0.39, 0.29) is 35.3 Å². The predicted octanol–water partition coefficient (Wildman–Crippen LogP) is 4.01. The Morgan fingerprint density at radius 2 is 2.03 bits per heavy atom. The van der Waals surface area contributed by atoms with Gasteiger partial charge < -0.3 is 10.1 Å². The van der Waals surface area contributed by atoms with Crippen LogP contribution in [-0.2, 0) is 9.84 Å². The fraction of sp³-hybridized carbons (Fsp3) is 0.333. The molecule has 3 aromatic rings. The molecular formula is C21H23N3O4S2. The van der Waals surface area contributed by atoms with Crippen molar-refractivity contribution in [2.45, 2.75) is 32.4 Å². The molecule has 1 unspecified atom stereocenters. The molecule has 0 spiro atoms. The van der Waals surface area contributed by atoms with Crippen molar-refractivity contribution >= 4 is 32.8 Å². The molecule has 0 aliphatic carbocycles. The first kappa shape index (κ1) is 20.6. The van der Waals surface area contributed by atoms with Crippen molar-refractivity contribution < 1.29 is 17.9 Å². The fourth-order valence-corrected chi connectivity index (χ4v) is 5.87. The van der Waals surface area contributed by atoms with Crippen LogP contribution in [0.15, 0.2) is 47.8 Å². The molecule has 30 heavy (non-hydrogen) atoms. The topological polar surface area (TPSA) is 90.3 Å². The second kappa shape index (κ2) is 8.23. The van der Waals surface area contributed by atoms with Gasteiger partial charge in [0.2, 0.25) is 0 Å². The lowest BCUT2D eigenvalue weighted by Crippen LogP contribution is -2.16. The number of hydrogen-bond donors (Lipinski definition) is 1. The maximum absolute atomic E-state index is 12.8. The third-order valence-electron chi connectivity index (χ3n) is 4.78. The number of nitrogens with zero attached hydrogens (tertiary/aromatic N) is 2. The Hall–Kier alpha value is -2.65. The molecular weight excluding hydrogens is 422 g/mol. The summed E-state index contributed by atoms with van der Waals surface area (Å²) in [5.74, 6) is 0.582. The lowest BCUT2D eigenvalue weighted by molar-refractivity contribution is 0.102. The molecule has 1 amide bonds. The van der Waals surface area contributed by atoms with Crippen LogP contribution in [0.2, 0.25) is 0 Å². The van der Waals surface area contributed by atoms with E-state index in [0.29, 0.717) is 12.1 Å². The summed E-state index contributed by atoms with van der Waals surface area (Å²) in [6.07, 6.45) is 0.574. The molecule has 1 N–H and O–H groups in total. The first-order valence-electron chi connectivity index (χ1n) is 9.73. The maximum Gasteiger partial charge on any atom is 0.276 e. The van der Waals surface area contributed by atoms with E-state index in [0.717, 1.165) is 16.3 Å². The average Bonchev–Trinajstić information content (AvgIpc) is 3.41. The summed E-state index contributed by atoms with van der Waals surface area (Å²) in [5.41, 5.74) is 1.65. The molecule has 1 aliphatic heterocycles. The number of aromatic nitrogens is 2. The van der Waals surface area contributed by atoms with Gasteiger partial charge in [-0.2, -0.15) is 5.10 Å². The third-order valence-corrected chi connectivity index (χ3v) is 7.42. The second-order valence-electron chi connectivity index (χ2n) is 7.54. The Morgan fingerprint density at radius 1 is 1.27 bits per heavy atom. The van der Waals surface area contributed by atoms with Gasteiger partial charge in [0.25, 0.3) is 5.91 Å². The minimum Gasteiger partial charge on any atom is -0.491 e. The van der Waals surface area contributed by atoms with E-state index in [1.54, 1.807) is 35.0 Å². The van der Waals surface area contributed by atoms with E-state index >= 15 is 0 Å². The van der Waals surface area contributed by atoms with Gasteiger partial charge in [0, 0.05) is 5.69 Å². The van der Waals surface area contributed by atoms with Gasteiger partial charge in [-0.15, -0.1) is 11.3 Å². The van der Waals surface area contributed by atoms with Gasteiger partial charge in [-0.25, -0.2) is 8.42 Å². The quantitative estimate of drug-likeness (QED) is 0.619. The summed E-state index contributed by atoms with van der Waals surface area (Å²) in [6.45, 7) is 3.90. The van der Waals surface area contributed by atoms with E-state index in [4.69, 9.17) is 4.74 Å². The van der Waals surface area contributed by atoms with Gasteiger partial charge in [0.15, 0.2) is 15.5 Å². The first-order chi connectivity index (χ1) is 14.3. The maximum atomic E-state index is 12.8. The van der Waals surface area contributed by atoms with Gasteiger partial charge >= 0.3 is 0 Å². The number of amides is 1. The summed E-state index contributed by atoms with van der Waals surface area (Å²) >= 11 is 1.53. The summed E-state index contributed by atoms with van der Waals surface area (Å²) in [7, 11) is -3.07. The first-order valence-corrected chi connectivity index (χ1v) is 12.4. The Balaban J connectivity index is 1.58. The highest BCUT2D eigenvalue weighted by atomic mass is 32.2. The van der Waals surface area contributed by atoms with Gasteiger partial charge in [-0.3, -0.25) is 9.48 Å². The summed E-state index contributed by atoms with van der Waals surface area (Å²) < 4.78 is 31.2. The second-order valence-corrected chi connectivity index (χ2v) is 10.7. The fourth-order valence-electron chi connectivity index (χ4n) is 3.44. The molecule has 0 radical (unpaired) electrons. The van der Waals surface area contributed by atoms with Crippen LogP contribution in [0.3, 0.4) is 0 Å². The number of carbonyl (C=O) groups is 1. The normalized spacial score (nSPS) is 17.9. The molecule has 158 valence electrons. The standard InChI is InChI=1S/C21H23N3O4S2/c1-14(2)28-17-7-5-15(6-8-17)22-21(25)18-12-19(20-4-3-10-29-20)24(23-18)16-9-11-30(26,27)13-16/h3-8,10,12,14,16H,9,11,13H2,1-2H3,(H,22,25). The van der Waals surface area contributed by atoms with Crippen LogP contribution in [0.1, 0.15) is 36.8 Å². The van der Waals surface area contributed by atoms with Gasteiger partial charge in [0.1, 0.15) is 5.75 Å². The molecule has 4 rings (SSSR count). The van der Waals surface area contributed by atoms with Gasteiger partial charge in [0.05, 0.1) is 34.2 Å². The number of nitrogens with one attached hydrogen (secondary N) is 1. The molecule has 1 saturated heterocycles. The molecule has 7 nitrogen and oxygen atoms in total. The number of carbonyl (C=O) groups excluding carboxylic acids is 1. The van der Waals surface area contributed by atoms with E-state index in [1.165, 1.54) is 11.3 Å². The van der Waals surface area contributed by atoms with Crippen LogP contribution in [-0.4, -0.2) is 41.7 Å². The molecule has 0 bridgehead atoms. The predicted molar refractivity (Wildman–Crippen MR) is 118 cm³/mol. The van der Waals surface area contributed by atoms with Gasteiger partial charge in [-0.05, 0) is 62.0 Å². The Morgan fingerprint density at radius 3 is 2.63 bits per heavy atom. The van der Waals surface area contributed by atoms with Crippen molar-refractivity contribution in [1.82, 2.24) is 9.78 Å². The minimum absolute atomic E-state index is 0.0471. The SMILES string of the molecule is CC(C)Oc1ccc(NC(=O)c2cc(-c3cccs3)n(C3CCS(=O)(=O)C3)n2)cc1. The van der Waals surface area contributed by atoms with E-state index in [2.05, 4.69) is 10.4 Å². The number of benzene rings is 1. The number of sulfone groups is 1. The highest BCUT2D eigenvalue weighted by Gasteiger charge is 2.32. The Bertz CT molecular complexity index is 1130. The molecule has 1 atom stereocenters. The number of hydrogen-bond acceptors (Lipinski definition) is 6. The van der Waals surface area contributed by atoms with Crippen molar-refractivity contribution in [3.05, 3.63) is 53.5 Å². The summed E-state index contributed by atoms with van der Waals surface area (Å²) in [5, 5.41) is 9.28. The molecule has 3 heterocycles. The molecule has 2 aromatic heterocycles. The Labute approximate surface area is 179 Å². The van der Waals surface area contributed by atoms with Crippen LogP contribution >= 0.6 is 11.3 Å². The lowest BCUT2D eigenvalue weighted by atomic mass is 10.2. The molecule has 0 saturated carbocycles. The number of ether oxygens (including phenoxy) is 1. The van der Waals surface area contributed by atoms with Crippen LogP contribution in [0.4, 0.5) is 5.69 Å². The van der Waals surface area contributed by atoms with Crippen molar-refractivity contribution in [1.29, 1.82) is 0 Å². The zero-order valence-electron chi connectivity index (χ0n) is 16.7. The monoisotopic (exact) mass is 445 g/mol. The summed E-state index contributed by atoms with van der Waals surface area (Å²) in [4.78, 5) is 13.8. The van der Waals surface area contributed by atoms with Crippen LogP contribution in [0.25, 0.3) is 10.6 Å². The van der Waals surface area contributed by atoms with E-state index in [9.17, 15) is 13.2 Å². The van der Waals surface area contributed by atoms with E-state index < -0.39 is 9.84 Å². The smallest absolute Gasteiger partial charge is 0.276 e. The molecule has 1 aromatic carbocycles. The minimum atomic E-state index is -3.07. The van der Waals surface area contributed by atoms with Crippen molar-refractivity contribution in [2.24, 2.45) is 0 Å². The number of rotatable bonds is 6. The van der Waals surface area contributed by atoms with Crippen LogP contribution < -0.4 is 10.1 Å². The van der Waals surface area contributed by atoms with Crippen LogP contribution in [0.5, 0.6) is 5.75 Å². The van der Waals surface area contributed by atoms with Crippen molar-refractivity contribution in [3.63, 3.8) is 0 Å².